The lowest BCUT2D eigenvalue weighted by Gasteiger charge is -2.07. The molecule has 0 saturated carbocycles. The van der Waals surface area contributed by atoms with Gasteiger partial charge in [0, 0.05) is 5.56 Å². The van der Waals surface area contributed by atoms with Gasteiger partial charge in [0.05, 0.1) is 10.0 Å². The van der Waals surface area contributed by atoms with Crippen molar-refractivity contribution in [2.45, 2.75) is 6.61 Å². The predicted molar refractivity (Wildman–Crippen MR) is 81.2 cm³/mol. The maximum atomic E-state index is 8.67. The third-order valence-electron chi connectivity index (χ3n) is 2.54. The minimum absolute atomic E-state index is 0.158. The van der Waals surface area contributed by atoms with Crippen LogP contribution in [0.3, 0.4) is 0 Å². The molecular weight excluding hydrogens is 295 g/mol. The zero-order chi connectivity index (χ0) is 14.4. The van der Waals surface area contributed by atoms with E-state index < -0.39 is 0 Å². The van der Waals surface area contributed by atoms with Crippen LogP contribution in [0.1, 0.15) is 11.1 Å². The van der Waals surface area contributed by atoms with E-state index in [1.165, 1.54) is 0 Å². The fourth-order valence-corrected chi connectivity index (χ4v) is 1.92. The fourth-order valence-electron chi connectivity index (χ4n) is 1.60. The summed E-state index contributed by atoms with van der Waals surface area (Å²) in [4.78, 5) is 0. The summed E-state index contributed by atoms with van der Waals surface area (Å²) in [5.74, 6) is 6.14. The Balaban J connectivity index is 2.05. The summed E-state index contributed by atoms with van der Waals surface area (Å²) >= 11 is 11.8. The monoisotopic (exact) mass is 306 g/mol. The van der Waals surface area contributed by atoms with Crippen molar-refractivity contribution in [3.8, 4) is 17.6 Å². The topological polar surface area (TPSA) is 29.5 Å². The molecule has 2 rings (SSSR count). The van der Waals surface area contributed by atoms with Crippen LogP contribution in [0, 0.1) is 11.8 Å². The Labute approximate surface area is 127 Å². The molecule has 4 heteroatoms. The molecule has 0 amide bonds. The van der Waals surface area contributed by atoms with Crippen LogP contribution in [-0.4, -0.2) is 11.7 Å². The van der Waals surface area contributed by atoms with Gasteiger partial charge in [-0.2, -0.15) is 0 Å². The summed E-state index contributed by atoms with van der Waals surface area (Å²) in [6.45, 7) is 0.238. The second-order valence-electron chi connectivity index (χ2n) is 4.02. The van der Waals surface area contributed by atoms with Crippen LogP contribution < -0.4 is 4.74 Å². The highest BCUT2D eigenvalue weighted by atomic mass is 35.5. The molecule has 0 aliphatic rings. The Morgan fingerprint density at radius 3 is 2.65 bits per heavy atom. The minimum Gasteiger partial charge on any atom is -0.489 e. The van der Waals surface area contributed by atoms with E-state index in [1.807, 2.05) is 30.3 Å². The molecule has 0 atom stereocenters. The normalized spacial score (nSPS) is 9.75. The van der Waals surface area contributed by atoms with Crippen molar-refractivity contribution in [3.63, 3.8) is 0 Å². The molecule has 0 aliphatic carbocycles. The first kappa shape index (κ1) is 14.7. The van der Waals surface area contributed by atoms with E-state index in [4.69, 9.17) is 33.0 Å². The van der Waals surface area contributed by atoms with Gasteiger partial charge in [0.25, 0.3) is 0 Å². The average molecular weight is 307 g/mol. The van der Waals surface area contributed by atoms with E-state index in [1.54, 1.807) is 12.1 Å². The van der Waals surface area contributed by atoms with Gasteiger partial charge in [-0.25, -0.2) is 0 Å². The molecule has 0 radical (unpaired) electrons. The zero-order valence-electron chi connectivity index (χ0n) is 10.6. The molecule has 2 aromatic carbocycles. The van der Waals surface area contributed by atoms with Gasteiger partial charge < -0.3 is 9.84 Å². The lowest BCUT2D eigenvalue weighted by molar-refractivity contribution is 0.306. The first-order valence-corrected chi connectivity index (χ1v) is 6.71. The highest BCUT2D eigenvalue weighted by Gasteiger charge is 2.01. The molecule has 0 spiro atoms. The second-order valence-corrected chi connectivity index (χ2v) is 4.84. The third-order valence-corrected chi connectivity index (χ3v) is 3.27. The molecular formula is C16H12Cl2O2. The molecule has 1 N–H and O–H groups in total. The van der Waals surface area contributed by atoms with E-state index in [9.17, 15) is 0 Å². The summed E-state index contributed by atoms with van der Waals surface area (Å²) in [5.41, 5.74) is 1.73. The molecule has 0 fully saturated rings. The quantitative estimate of drug-likeness (QED) is 0.871. The number of benzene rings is 2. The molecule has 102 valence electrons. The van der Waals surface area contributed by atoms with E-state index in [-0.39, 0.29) is 6.61 Å². The van der Waals surface area contributed by atoms with Gasteiger partial charge in [-0.15, -0.1) is 0 Å². The Hall–Kier alpha value is -1.66. The van der Waals surface area contributed by atoms with Crippen LogP contribution in [0.2, 0.25) is 10.0 Å². The molecule has 0 saturated heterocycles. The number of halogens is 2. The third kappa shape index (κ3) is 4.18. The Bertz CT molecular complexity index is 657. The summed E-state index contributed by atoms with van der Waals surface area (Å²) in [7, 11) is 0. The smallest absolute Gasteiger partial charge is 0.121 e. The first-order valence-electron chi connectivity index (χ1n) is 5.95. The summed E-state index contributed by atoms with van der Waals surface area (Å²) in [6.07, 6.45) is 0. The summed E-state index contributed by atoms with van der Waals surface area (Å²) in [5, 5.41) is 9.70. The van der Waals surface area contributed by atoms with Crippen LogP contribution in [0.4, 0.5) is 0 Å². The van der Waals surface area contributed by atoms with Crippen LogP contribution >= 0.6 is 23.2 Å². The van der Waals surface area contributed by atoms with Crippen molar-refractivity contribution in [1.29, 1.82) is 0 Å². The van der Waals surface area contributed by atoms with E-state index >= 15 is 0 Å². The van der Waals surface area contributed by atoms with Crippen LogP contribution in [0.25, 0.3) is 0 Å². The predicted octanol–water partition coefficient (Wildman–Crippen LogP) is 3.92. The maximum absolute atomic E-state index is 8.67. The van der Waals surface area contributed by atoms with Gasteiger partial charge in [0.2, 0.25) is 0 Å². The molecule has 0 aromatic heterocycles. The fraction of sp³-hybridized carbons (Fsp3) is 0.125. The first-order chi connectivity index (χ1) is 9.69. The van der Waals surface area contributed by atoms with Gasteiger partial charge in [-0.1, -0.05) is 47.2 Å². The lowest BCUT2D eigenvalue weighted by atomic mass is 10.2. The molecule has 20 heavy (non-hydrogen) atoms. The van der Waals surface area contributed by atoms with Crippen molar-refractivity contribution < 1.29 is 9.84 Å². The SMILES string of the molecule is OCC#Cc1cccc(OCc2ccc(Cl)c(Cl)c2)c1. The number of aliphatic hydroxyl groups excluding tert-OH is 1. The molecule has 0 bridgehead atoms. The number of hydrogen-bond donors (Lipinski definition) is 1. The highest BCUT2D eigenvalue weighted by Crippen LogP contribution is 2.23. The zero-order valence-corrected chi connectivity index (χ0v) is 12.1. The Kier molecular flexibility index (Phi) is 5.31. The van der Waals surface area contributed by atoms with Crippen LogP contribution in [-0.2, 0) is 6.61 Å². The minimum atomic E-state index is -0.158. The van der Waals surface area contributed by atoms with E-state index in [0.29, 0.717) is 22.4 Å². The number of ether oxygens (including phenoxy) is 1. The van der Waals surface area contributed by atoms with Crippen molar-refractivity contribution in [2.75, 3.05) is 6.61 Å². The van der Waals surface area contributed by atoms with Gasteiger partial charge in [0.1, 0.15) is 19.0 Å². The standard InChI is InChI=1S/C16H12Cl2O2/c17-15-7-6-13(10-16(15)18)11-20-14-5-1-3-12(9-14)4-2-8-19/h1,3,5-7,9-10,19H,8,11H2. The number of hydrogen-bond acceptors (Lipinski definition) is 2. The van der Waals surface area contributed by atoms with Crippen LogP contribution in [0.15, 0.2) is 42.5 Å². The summed E-state index contributed by atoms with van der Waals surface area (Å²) in [6, 6.07) is 12.8. The number of aliphatic hydroxyl groups is 1. The van der Waals surface area contributed by atoms with E-state index in [2.05, 4.69) is 11.8 Å². The van der Waals surface area contributed by atoms with Crippen molar-refractivity contribution in [2.24, 2.45) is 0 Å². The number of rotatable bonds is 3. The Morgan fingerprint density at radius 1 is 1.05 bits per heavy atom. The lowest BCUT2D eigenvalue weighted by Crippen LogP contribution is -1.95. The van der Waals surface area contributed by atoms with Crippen molar-refractivity contribution in [1.82, 2.24) is 0 Å². The Morgan fingerprint density at radius 2 is 1.90 bits per heavy atom. The van der Waals surface area contributed by atoms with Crippen molar-refractivity contribution >= 4 is 23.2 Å². The van der Waals surface area contributed by atoms with Gasteiger partial charge >= 0.3 is 0 Å². The van der Waals surface area contributed by atoms with Gasteiger partial charge in [-0.3, -0.25) is 0 Å². The average Bonchev–Trinajstić information content (AvgIpc) is 2.47. The van der Waals surface area contributed by atoms with Gasteiger partial charge in [0.15, 0.2) is 0 Å². The molecule has 0 heterocycles. The molecule has 2 aromatic rings. The van der Waals surface area contributed by atoms with Crippen LogP contribution in [0.5, 0.6) is 5.75 Å². The highest BCUT2D eigenvalue weighted by molar-refractivity contribution is 6.42. The molecule has 0 unspecified atom stereocenters. The van der Waals surface area contributed by atoms with Gasteiger partial charge in [-0.05, 0) is 35.9 Å². The largest absolute Gasteiger partial charge is 0.489 e. The van der Waals surface area contributed by atoms with Crippen molar-refractivity contribution in [3.05, 3.63) is 63.6 Å². The maximum Gasteiger partial charge on any atom is 0.121 e. The second kappa shape index (κ2) is 7.21. The summed E-state index contributed by atoms with van der Waals surface area (Å²) < 4.78 is 5.68. The molecule has 2 nitrogen and oxygen atoms in total. The molecule has 0 aliphatic heterocycles. The van der Waals surface area contributed by atoms with E-state index in [0.717, 1.165) is 11.1 Å².